The van der Waals surface area contributed by atoms with Gasteiger partial charge in [0.1, 0.15) is 17.1 Å². The normalized spacial score (nSPS) is 11.9. The average molecular weight is 522 g/mol. The highest BCUT2D eigenvalue weighted by Gasteiger charge is 2.21. The molecule has 0 aliphatic rings. The Morgan fingerprint density at radius 2 is 1.90 bits per heavy atom. The number of aliphatic hydroxyl groups is 1. The van der Waals surface area contributed by atoms with E-state index in [9.17, 15) is 9.90 Å². The molecule has 0 saturated carbocycles. The van der Waals surface area contributed by atoms with E-state index in [1.807, 2.05) is 42.5 Å². The zero-order valence-corrected chi connectivity index (χ0v) is 20.7. The molecular weight excluding hydrogens is 498 g/mol. The summed E-state index contributed by atoms with van der Waals surface area (Å²) in [6, 6.07) is 19.8. The second-order valence-electron chi connectivity index (χ2n) is 8.74. The number of anilines is 3. The summed E-state index contributed by atoms with van der Waals surface area (Å²) in [6.07, 6.45) is 3.22. The Morgan fingerprint density at radius 1 is 1.05 bits per heavy atom. The van der Waals surface area contributed by atoms with Crippen molar-refractivity contribution in [3.63, 3.8) is 0 Å². The molecule has 0 spiro atoms. The fourth-order valence-electron chi connectivity index (χ4n) is 4.21. The Hall–Kier alpha value is -5.36. The Bertz CT molecular complexity index is 1800. The summed E-state index contributed by atoms with van der Waals surface area (Å²) < 4.78 is 7.20. The summed E-state index contributed by atoms with van der Waals surface area (Å²) >= 11 is 0. The van der Waals surface area contributed by atoms with Gasteiger partial charge in [-0.25, -0.2) is 4.98 Å². The smallest absolute Gasteiger partial charge is 0.271 e. The van der Waals surface area contributed by atoms with E-state index in [4.69, 9.17) is 4.52 Å². The number of fused-ring (bicyclic) bond motifs is 1. The quantitative estimate of drug-likeness (QED) is 0.233. The number of aromatic amines is 1. The topological polar surface area (TPSA) is 160 Å². The van der Waals surface area contributed by atoms with E-state index in [1.54, 1.807) is 48.4 Å². The maximum Gasteiger partial charge on any atom is 0.271 e. The lowest BCUT2D eigenvalue weighted by molar-refractivity contribution is 0.276. The third-order valence-corrected chi connectivity index (χ3v) is 6.16. The Balaban J connectivity index is 1.38. The molecule has 6 aromatic rings. The number of nitrogens with one attached hydrogen (secondary N) is 3. The standard InChI is InChI=1S/C27H23N9O3/c1-36-22-13-17(10-11-18(22)25(38)34-36)30-27-29-14-19(26-32-24(35-39-26)20-9-5-6-12-28-20)23(33-27)31-21(15-37)16-7-3-2-4-8-16/h2-14,21,37H,15H2,1H3,(H,34,38)(H2,29,30,31,33)/t21-/m1/s1. The monoisotopic (exact) mass is 521 g/mol. The number of aryl methyl sites for hydroxylation is 1. The van der Waals surface area contributed by atoms with Crippen molar-refractivity contribution in [2.45, 2.75) is 6.04 Å². The molecule has 4 N–H and O–H groups in total. The predicted octanol–water partition coefficient (Wildman–Crippen LogP) is 3.66. The van der Waals surface area contributed by atoms with Gasteiger partial charge >= 0.3 is 0 Å². The van der Waals surface area contributed by atoms with Gasteiger partial charge in [-0.05, 0) is 35.9 Å². The zero-order chi connectivity index (χ0) is 26.8. The van der Waals surface area contributed by atoms with Crippen LogP contribution in [0, 0.1) is 0 Å². The van der Waals surface area contributed by atoms with Gasteiger partial charge in [0.05, 0.1) is 23.6 Å². The van der Waals surface area contributed by atoms with E-state index in [-0.39, 0.29) is 24.0 Å². The first-order chi connectivity index (χ1) is 19.1. The van der Waals surface area contributed by atoms with E-state index in [0.717, 1.165) is 11.1 Å². The molecule has 0 bridgehead atoms. The molecule has 4 aromatic heterocycles. The van der Waals surface area contributed by atoms with Crippen molar-refractivity contribution >= 4 is 28.4 Å². The molecule has 12 nitrogen and oxygen atoms in total. The summed E-state index contributed by atoms with van der Waals surface area (Å²) in [5, 5.41) is 24.0. The van der Waals surface area contributed by atoms with Gasteiger partial charge in [-0.3, -0.25) is 19.6 Å². The van der Waals surface area contributed by atoms with Crippen molar-refractivity contribution in [3.8, 4) is 23.0 Å². The second kappa shape index (κ2) is 10.2. The van der Waals surface area contributed by atoms with Crippen LogP contribution in [0.3, 0.4) is 0 Å². The molecule has 194 valence electrons. The lowest BCUT2D eigenvalue weighted by Crippen LogP contribution is -2.17. The van der Waals surface area contributed by atoms with Crippen LogP contribution in [-0.4, -0.2) is 46.6 Å². The van der Waals surface area contributed by atoms with Gasteiger partial charge in [-0.15, -0.1) is 0 Å². The number of hydrogen-bond donors (Lipinski definition) is 4. The minimum atomic E-state index is -0.461. The van der Waals surface area contributed by atoms with Crippen LogP contribution in [0.25, 0.3) is 33.9 Å². The highest BCUT2D eigenvalue weighted by molar-refractivity contribution is 5.83. The highest BCUT2D eigenvalue weighted by atomic mass is 16.5. The van der Waals surface area contributed by atoms with Crippen LogP contribution < -0.4 is 16.2 Å². The van der Waals surface area contributed by atoms with Crippen LogP contribution in [0.2, 0.25) is 0 Å². The second-order valence-corrected chi connectivity index (χ2v) is 8.74. The number of aromatic nitrogens is 7. The molecule has 0 aliphatic heterocycles. The lowest BCUT2D eigenvalue weighted by Gasteiger charge is -2.19. The molecule has 0 saturated heterocycles. The molecule has 0 aliphatic carbocycles. The van der Waals surface area contributed by atoms with Crippen molar-refractivity contribution in [1.82, 2.24) is 34.9 Å². The molecule has 2 aromatic carbocycles. The van der Waals surface area contributed by atoms with Gasteiger partial charge in [-0.2, -0.15) is 9.97 Å². The van der Waals surface area contributed by atoms with Gasteiger partial charge in [0, 0.05) is 25.1 Å². The number of H-pyrrole nitrogens is 1. The van der Waals surface area contributed by atoms with Crippen LogP contribution >= 0.6 is 0 Å². The Labute approximate surface area is 221 Å². The first-order valence-electron chi connectivity index (χ1n) is 12.1. The predicted molar refractivity (Wildman–Crippen MR) is 145 cm³/mol. The fourth-order valence-corrected chi connectivity index (χ4v) is 4.21. The van der Waals surface area contributed by atoms with Crippen molar-refractivity contribution in [1.29, 1.82) is 0 Å². The molecule has 0 unspecified atom stereocenters. The van der Waals surface area contributed by atoms with E-state index >= 15 is 0 Å². The third kappa shape index (κ3) is 4.83. The number of aliphatic hydroxyl groups excluding tert-OH is 1. The van der Waals surface area contributed by atoms with E-state index in [2.05, 4.69) is 40.8 Å². The Kier molecular flexibility index (Phi) is 6.27. The van der Waals surface area contributed by atoms with Gasteiger partial charge < -0.3 is 20.3 Å². The number of benzene rings is 2. The average Bonchev–Trinajstić information content (AvgIpc) is 3.57. The highest BCUT2D eigenvalue weighted by Crippen LogP contribution is 2.31. The van der Waals surface area contributed by atoms with Crippen LogP contribution in [-0.2, 0) is 7.05 Å². The van der Waals surface area contributed by atoms with E-state index in [0.29, 0.717) is 34.0 Å². The van der Waals surface area contributed by atoms with Gasteiger partial charge in [0.25, 0.3) is 11.4 Å². The molecule has 0 radical (unpaired) electrons. The fraction of sp³-hybridized carbons (Fsp3) is 0.111. The Morgan fingerprint density at radius 3 is 2.69 bits per heavy atom. The van der Waals surface area contributed by atoms with E-state index in [1.165, 1.54) is 0 Å². The van der Waals surface area contributed by atoms with Crippen LogP contribution in [0.5, 0.6) is 0 Å². The zero-order valence-electron chi connectivity index (χ0n) is 20.7. The summed E-state index contributed by atoms with van der Waals surface area (Å²) in [5.41, 5.74) is 3.15. The van der Waals surface area contributed by atoms with E-state index < -0.39 is 6.04 Å². The van der Waals surface area contributed by atoms with Crippen molar-refractivity contribution in [3.05, 3.63) is 95.0 Å². The maximum atomic E-state index is 12.1. The number of nitrogens with zero attached hydrogens (tertiary/aromatic N) is 6. The molecule has 6 rings (SSSR count). The van der Waals surface area contributed by atoms with Gasteiger partial charge in [0.2, 0.25) is 11.8 Å². The number of rotatable bonds is 8. The first kappa shape index (κ1) is 24.0. The number of hydrogen-bond acceptors (Lipinski definition) is 10. The minimum Gasteiger partial charge on any atom is -0.394 e. The van der Waals surface area contributed by atoms with Gasteiger partial charge in [-0.1, -0.05) is 41.6 Å². The molecule has 1 atom stereocenters. The number of pyridine rings is 1. The summed E-state index contributed by atoms with van der Waals surface area (Å²) in [5.74, 6) is 1.18. The van der Waals surface area contributed by atoms with Crippen LogP contribution in [0.1, 0.15) is 11.6 Å². The molecule has 4 heterocycles. The lowest BCUT2D eigenvalue weighted by atomic mass is 10.1. The SMILES string of the molecule is Cn1[nH]c(=O)c2ccc(Nc3ncc(-c4nc(-c5ccccn5)no4)c(N[C@H](CO)c4ccccc4)n3)cc21. The first-order valence-corrected chi connectivity index (χ1v) is 12.1. The summed E-state index contributed by atoms with van der Waals surface area (Å²) in [4.78, 5) is 30.0. The van der Waals surface area contributed by atoms with Gasteiger partial charge in [0.15, 0.2) is 0 Å². The third-order valence-electron chi connectivity index (χ3n) is 6.16. The van der Waals surface area contributed by atoms with Crippen LogP contribution in [0.15, 0.2) is 88.4 Å². The largest absolute Gasteiger partial charge is 0.394 e. The minimum absolute atomic E-state index is 0.160. The van der Waals surface area contributed by atoms with Crippen molar-refractivity contribution < 1.29 is 9.63 Å². The molecule has 39 heavy (non-hydrogen) atoms. The van der Waals surface area contributed by atoms with Crippen LogP contribution in [0.4, 0.5) is 17.5 Å². The maximum absolute atomic E-state index is 12.1. The molecule has 12 heteroatoms. The summed E-state index contributed by atoms with van der Waals surface area (Å²) in [6.45, 7) is -0.183. The molecular formula is C27H23N9O3. The summed E-state index contributed by atoms with van der Waals surface area (Å²) in [7, 11) is 1.77. The van der Waals surface area contributed by atoms with Crippen molar-refractivity contribution in [2.75, 3.05) is 17.2 Å². The molecule has 0 fully saturated rings. The molecule has 0 amide bonds. The van der Waals surface area contributed by atoms with Crippen molar-refractivity contribution in [2.24, 2.45) is 7.05 Å².